The molecular formula is C24H39BClNO5. The first-order valence-corrected chi connectivity index (χ1v) is 11.6. The molecule has 6 nitrogen and oxygen atoms in total. The van der Waals surface area contributed by atoms with Gasteiger partial charge in [0.2, 0.25) is 0 Å². The minimum Gasteiger partial charge on any atom is -0.490 e. The summed E-state index contributed by atoms with van der Waals surface area (Å²) < 4.78 is 18.3. The lowest BCUT2D eigenvalue weighted by atomic mass is 9.79. The first kappa shape index (κ1) is 26.8. The van der Waals surface area contributed by atoms with E-state index in [4.69, 9.17) is 25.6 Å². The van der Waals surface area contributed by atoms with Crippen molar-refractivity contribution in [3.05, 3.63) is 23.2 Å². The van der Waals surface area contributed by atoms with Gasteiger partial charge in [0, 0.05) is 5.54 Å². The highest BCUT2D eigenvalue weighted by atomic mass is 35.5. The second-order valence-electron chi connectivity index (χ2n) is 11.5. The standard InChI is InChI=1S/C24H39BClNO5/c1-16(2)14-24(10,27(20(28)29)21(3,4)5)15-30-19-12-11-17(13-18(19)26)25-31-22(6,7)23(8,9)32-25/h11-13,16H,14-15H2,1-10H3,(H,28,29)/t24-/m0/s1. The normalized spacial score (nSPS) is 19.7. The van der Waals surface area contributed by atoms with Crippen molar-refractivity contribution in [2.45, 2.75) is 97.9 Å². The Kier molecular flexibility index (Phi) is 7.60. The topological polar surface area (TPSA) is 68.2 Å². The highest BCUT2D eigenvalue weighted by Crippen LogP contribution is 2.37. The van der Waals surface area contributed by atoms with E-state index in [1.807, 2.05) is 61.5 Å². The van der Waals surface area contributed by atoms with Crippen LogP contribution in [0, 0.1) is 5.92 Å². The maximum absolute atomic E-state index is 12.2. The van der Waals surface area contributed by atoms with Crippen molar-refractivity contribution in [1.82, 2.24) is 4.90 Å². The average Bonchev–Trinajstić information content (AvgIpc) is 2.79. The van der Waals surface area contributed by atoms with E-state index < -0.39 is 35.5 Å². The van der Waals surface area contributed by atoms with Crippen molar-refractivity contribution < 1.29 is 23.9 Å². The summed E-state index contributed by atoms with van der Waals surface area (Å²) >= 11 is 6.55. The van der Waals surface area contributed by atoms with E-state index in [0.29, 0.717) is 17.2 Å². The van der Waals surface area contributed by atoms with Crippen LogP contribution < -0.4 is 10.2 Å². The average molecular weight is 468 g/mol. The first-order chi connectivity index (χ1) is 14.4. The number of ether oxygens (including phenoxy) is 1. The van der Waals surface area contributed by atoms with Crippen molar-refractivity contribution in [1.29, 1.82) is 0 Å². The van der Waals surface area contributed by atoms with Crippen LogP contribution in [-0.4, -0.2) is 52.1 Å². The summed E-state index contributed by atoms with van der Waals surface area (Å²) in [6.45, 7) is 20.0. The van der Waals surface area contributed by atoms with Crippen LogP contribution in [0.1, 0.15) is 75.7 Å². The fraction of sp³-hybridized carbons (Fsp3) is 0.708. The Bertz CT molecular complexity index is 820. The molecule has 1 amide bonds. The summed E-state index contributed by atoms with van der Waals surface area (Å²) in [5.74, 6) is 0.787. The van der Waals surface area contributed by atoms with Crippen molar-refractivity contribution in [3.8, 4) is 5.75 Å². The molecule has 0 radical (unpaired) electrons. The van der Waals surface area contributed by atoms with Gasteiger partial charge in [-0.25, -0.2) is 4.79 Å². The molecule has 1 N–H and O–H groups in total. The molecule has 0 aromatic heterocycles. The number of rotatable bonds is 7. The van der Waals surface area contributed by atoms with Crippen molar-refractivity contribution in [2.24, 2.45) is 5.92 Å². The maximum atomic E-state index is 12.2. The largest absolute Gasteiger partial charge is 0.494 e. The Balaban J connectivity index is 2.25. The van der Waals surface area contributed by atoms with E-state index in [1.54, 1.807) is 12.1 Å². The maximum Gasteiger partial charge on any atom is 0.494 e. The summed E-state index contributed by atoms with van der Waals surface area (Å²) in [5, 5.41) is 10.4. The van der Waals surface area contributed by atoms with Crippen LogP contribution >= 0.6 is 11.6 Å². The molecule has 0 bridgehead atoms. The molecule has 1 heterocycles. The molecule has 0 aliphatic carbocycles. The Hall–Kier alpha value is -1.44. The van der Waals surface area contributed by atoms with E-state index in [2.05, 4.69) is 13.8 Å². The van der Waals surface area contributed by atoms with Gasteiger partial charge in [-0.15, -0.1) is 0 Å². The van der Waals surface area contributed by atoms with Crippen LogP contribution in [0.2, 0.25) is 5.02 Å². The quantitative estimate of drug-likeness (QED) is 0.528. The predicted octanol–water partition coefficient (Wildman–Crippen LogP) is 5.60. The summed E-state index contributed by atoms with van der Waals surface area (Å²) in [6, 6.07) is 5.46. The van der Waals surface area contributed by atoms with Crippen LogP contribution in [0.3, 0.4) is 0 Å². The lowest BCUT2D eigenvalue weighted by molar-refractivity contribution is -0.0108. The van der Waals surface area contributed by atoms with Crippen LogP contribution in [-0.2, 0) is 9.31 Å². The first-order valence-electron chi connectivity index (χ1n) is 11.2. The van der Waals surface area contributed by atoms with Gasteiger partial charge in [-0.05, 0) is 85.3 Å². The van der Waals surface area contributed by atoms with E-state index in [-0.39, 0.29) is 12.5 Å². The lowest BCUT2D eigenvalue weighted by Gasteiger charge is -2.47. The molecule has 1 aromatic rings. The summed E-state index contributed by atoms with van der Waals surface area (Å²) in [5.41, 5.74) is -1.38. The molecule has 0 unspecified atom stereocenters. The second-order valence-corrected chi connectivity index (χ2v) is 11.9. The predicted molar refractivity (Wildman–Crippen MR) is 130 cm³/mol. The number of carbonyl (C=O) groups is 1. The van der Waals surface area contributed by atoms with Crippen LogP contribution in [0.4, 0.5) is 4.79 Å². The third kappa shape index (κ3) is 5.73. The summed E-state index contributed by atoms with van der Waals surface area (Å²) in [6.07, 6.45) is -0.313. The van der Waals surface area contributed by atoms with Crippen LogP contribution in [0.5, 0.6) is 5.75 Å². The van der Waals surface area contributed by atoms with Gasteiger partial charge in [0.05, 0.1) is 21.8 Å². The second kappa shape index (κ2) is 9.07. The lowest BCUT2D eigenvalue weighted by Crippen LogP contribution is -2.61. The van der Waals surface area contributed by atoms with Crippen molar-refractivity contribution in [3.63, 3.8) is 0 Å². The molecule has 1 aliphatic heterocycles. The Morgan fingerprint density at radius 3 is 2.09 bits per heavy atom. The van der Waals surface area contributed by atoms with Crippen LogP contribution in [0.25, 0.3) is 0 Å². The van der Waals surface area contributed by atoms with Gasteiger partial charge in [0.25, 0.3) is 0 Å². The molecule has 180 valence electrons. The van der Waals surface area contributed by atoms with Gasteiger partial charge in [-0.1, -0.05) is 31.5 Å². The fourth-order valence-electron chi connectivity index (χ4n) is 4.41. The molecule has 0 spiro atoms. The van der Waals surface area contributed by atoms with Gasteiger partial charge in [0.15, 0.2) is 0 Å². The van der Waals surface area contributed by atoms with Crippen molar-refractivity contribution >= 4 is 30.3 Å². The molecule has 1 atom stereocenters. The summed E-state index contributed by atoms with van der Waals surface area (Å²) in [7, 11) is -0.513. The van der Waals surface area contributed by atoms with Gasteiger partial charge < -0.3 is 19.2 Å². The third-order valence-corrected chi connectivity index (χ3v) is 6.57. The third-order valence-electron chi connectivity index (χ3n) is 6.27. The number of hydrogen-bond donors (Lipinski definition) is 1. The Morgan fingerprint density at radius 2 is 1.69 bits per heavy atom. The number of amides is 1. The molecule has 8 heteroatoms. The Labute approximate surface area is 198 Å². The smallest absolute Gasteiger partial charge is 0.490 e. The molecule has 1 saturated heterocycles. The molecule has 1 aliphatic rings. The zero-order valence-electron chi connectivity index (χ0n) is 21.2. The van der Waals surface area contributed by atoms with E-state index >= 15 is 0 Å². The molecule has 32 heavy (non-hydrogen) atoms. The fourth-order valence-corrected chi connectivity index (χ4v) is 4.66. The number of benzene rings is 1. The highest BCUT2D eigenvalue weighted by Gasteiger charge is 2.51. The zero-order chi connectivity index (χ0) is 24.7. The number of nitrogens with zero attached hydrogens (tertiary/aromatic N) is 1. The number of hydrogen-bond acceptors (Lipinski definition) is 4. The van der Waals surface area contributed by atoms with Gasteiger partial charge >= 0.3 is 13.2 Å². The minimum absolute atomic E-state index is 0.185. The highest BCUT2D eigenvalue weighted by molar-refractivity contribution is 6.62. The SMILES string of the molecule is CC(C)C[C@@](C)(COc1ccc(B2OC(C)(C)C(C)(C)O2)cc1Cl)N(C(=O)O)C(C)(C)C. The monoisotopic (exact) mass is 467 g/mol. The molecule has 1 aromatic carbocycles. The van der Waals surface area contributed by atoms with Crippen LogP contribution in [0.15, 0.2) is 18.2 Å². The molecule has 1 fully saturated rings. The number of halogens is 1. The molecular weight excluding hydrogens is 429 g/mol. The number of carboxylic acid groups (broad SMARTS) is 1. The minimum atomic E-state index is -0.966. The van der Waals surface area contributed by atoms with E-state index in [1.165, 1.54) is 4.90 Å². The zero-order valence-corrected chi connectivity index (χ0v) is 22.0. The van der Waals surface area contributed by atoms with Gasteiger partial charge in [-0.2, -0.15) is 0 Å². The van der Waals surface area contributed by atoms with Crippen molar-refractivity contribution in [2.75, 3.05) is 6.61 Å². The molecule has 0 saturated carbocycles. The molecule has 2 rings (SSSR count). The van der Waals surface area contributed by atoms with E-state index in [9.17, 15) is 9.90 Å². The Morgan fingerprint density at radius 1 is 1.16 bits per heavy atom. The van der Waals surface area contributed by atoms with Gasteiger partial charge in [-0.3, -0.25) is 4.90 Å². The van der Waals surface area contributed by atoms with Gasteiger partial charge in [0.1, 0.15) is 12.4 Å². The summed E-state index contributed by atoms with van der Waals surface area (Å²) in [4.78, 5) is 13.7. The van der Waals surface area contributed by atoms with E-state index in [0.717, 1.165) is 5.46 Å².